The Bertz CT molecular complexity index is 596. The zero-order chi connectivity index (χ0) is 13.9. The highest BCUT2D eigenvalue weighted by Crippen LogP contribution is 2.35. The third-order valence-corrected chi connectivity index (χ3v) is 5.06. The topological polar surface area (TPSA) is 81.4 Å². The maximum Gasteiger partial charge on any atom is 0.223 e. The first-order chi connectivity index (χ1) is 9.78. The minimum absolute atomic E-state index is 0.414. The van der Waals surface area contributed by atoms with Crippen LogP contribution in [0.2, 0.25) is 0 Å². The van der Waals surface area contributed by atoms with Crippen LogP contribution in [0.5, 0.6) is 0 Å². The van der Waals surface area contributed by atoms with E-state index in [1.165, 1.54) is 24.6 Å². The Balaban J connectivity index is 1.86. The highest BCUT2D eigenvalue weighted by atomic mass is 79.9. The van der Waals surface area contributed by atoms with Crippen molar-refractivity contribution in [3.8, 4) is 0 Å². The summed E-state index contributed by atoms with van der Waals surface area (Å²) in [6.07, 6.45) is 6.51. The van der Waals surface area contributed by atoms with E-state index in [-0.39, 0.29) is 0 Å². The predicted molar refractivity (Wildman–Crippen MR) is 78.7 cm³/mol. The van der Waals surface area contributed by atoms with E-state index in [0.717, 1.165) is 27.5 Å². The minimum atomic E-state index is 0.414. The van der Waals surface area contributed by atoms with Crippen molar-refractivity contribution in [2.24, 2.45) is 0 Å². The lowest BCUT2D eigenvalue weighted by Crippen LogP contribution is -2.08. The highest BCUT2D eigenvalue weighted by molar-refractivity contribution is 9.10. The largest absolute Gasteiger partial charge is 0.357 e. The second kappa shape index (κ2) is 6.04. The van der Waals surface area contributed by atoms with Gasteiger partial charge in [0.2, 0.25) is 11.1 Å². The summed E-state index contributed by atoms with van der Waals surface area (Å²) in [5, 5.41) is 16.6. The second-order valence-electron chi connectivity index (χ2n) is 4.54. The molecule has 2 heterocycles. The average Bonchev–Trinajstić information content (AvgIpc) is 3.11. The van der Waals surface area contributed by atoms with E-state index >= 15 is 0 Å². The number of nitrogens with zero attached hydrogens (tertiary/aromatic N) is 6. The maximum atomic E-state index is 4.42. The third kappa shape index (κ3) is 2.78. The van der Waals surface area contributed by atoms with E-state index in [4.69, 9.17) is 0 Å². The molecule has 106 valence electrons. The molecule has 0 unspecified atom stereocenters. The van der Waals surface area contributed by atoms with Gasteiger partial charge in [-0.1, -0.05) is 12.8 Å². The van der Waals surface area contributed by atoms with Gasteiger partial charge < -0.3 is 5.32 Å². The zero-order valence-electron chi connectivity index (χ0n) is 11.0. The summed E-state index contributed by atoms with van der Waals surface area (Å²) in [6.45, 7) is 0. The number of halogens is 1. The van der Waals surface area contributed by atoms with Gasteiger partial charge in [-0.2, -0.15) is 0 Å². The van der Waals surface area contributed by atoms with E-state index in [9.17, 15) is 0 Å². The Morgan fingerprint density at radius 1 is 1.40 bits per heavy atom. The average molecular weight is 356 g/mol. The smallest absolute Gasteiger partial charge is 0.223 e. The molecule has 0 amide bonds. The Kier molecular flexibility index (Phi) is 4.16. The summed E-state index contributed by atoms with van der Waals surface area (Å²) in [5.74, 6) is 0.579. The third-order valence-electron chi connectivity index (χ3n) is 3.26. The minimum Gasteiger partial charge on any atom is -0.357 e. The number of anilines is 1. The van der Waals surface area contributed by atoms with Crippen molar-refractivity contribution in [3.63, 3.8) is 0 Å². The van der Waals surface area contributed by atoms with E-state index in [1.807, 2.05) is 4.68 Å². The molecule has 20 heavy (non-hydrogen) atoms. The molecule has 9 heteroatoms. The molecule has 1 saturated carbocycles. The Morgan fingerprint density at radius 2 is 2.20 bits per heavy atom. The SMILES string of the molecule is CNc1ncc(Br)c(Sc2nnnn2C2CCCC2)n1. The maximum absolute atomic E-state index is 4.42. The quantitative estimate of drug-likeness (QED) is 0.843. The van der Waals surface area contributed by atoms with Gasteiger partial charge in [-0.15, -0.1) is 5.10 Å². The van der Waals surface area contributed by atoms with Crippen molar-refractivity contribution >= 4 is 33.6 Å². The van der Waals surface area contributed by atoms with Crippen molar-refractivity contribution in [3.05, 3.63) is 10.7 Å². The molecule has 0 spiro atoms. The molecule has 1 N–H and O–H groups in total. The van der Waals surface area contributed by atoms with Crippen LogP contribution in [0.25, 0.3) is 0 Å². The predicted octanol–water partition coefficient (Wildman–Crippen LogP) is 2.53. The first-order valence-corrected chi connectivity index (χ1v) is 8.05. The van der Waals surface area contributed by atoms with Gasteiger partial charge in [0, 0.05) is 13.2 Å². The van der Waals surface area contributed by atoms with Crippen LogP contribution < -0.4 is 5.32 Å². The molecule has 0 aromatic carbocycles. The van der Waals surface area contributed by atoms with Crippen LogP contribution >= 0.6 is 27.7 Å². The number of nitrogens with one attached hydrogen (secondary N) is 1. The molecule has 7 nitrogen and oxygen atoms in total. The van der Waals surface area contributed by atoms with E-state index < -0.39 is 0 Å². The Hall–Kier alpha value is -1.22. The summed E-state index contributed by atoms with van der Waals surface area (Å²) in [5.41, 5.74) is 0. The normalized spacial score (nSPS) is 15.7. The van der Waals surface area contributed by atoms with Gasteiger partial charge in [-0.25, -0.2) is 14.6 Å². The fraction of sp³-hybridized carbons (Fsp3) is 0.545. The van der Waals surface area contributed by atoms with Gasteiger partial charge in [-0.05, 0) is 51.0 Å². The molecular weight excluding hydrogens is 342 g/mol. The first-order valence-electron chi connectivity index (χ1n) is 6.44. The number of rotatable bonds is 4. The molecule has 1 aliphatic rings. The molecule has 1 fully saturated rings. The van der Waals surface area contributed by atoms with E-state index in [1.54, 1.807) is 13.2 Å². The van der Waals surface area contributed by atoms with Crippen LogP contribution in [-0.2, 0) is 0 Å². The van der Waals surface area contributed by atoms with Crippen molar-refractivity contribution in [2.45, 2.75) is 41.9 Å². The molecule has 0 bridgehead atoms. The summed E-state index contributed by atoms with van der Waals surface area (Å²) in [6, 6.07) is 0.414. The molecule has 0 aliphatic heterocycles. The fourth-order valence-corrected chi connectivity index (χ4v) is 3.51. The summed E-state index contributed by atoms with van der Waals surface area (Å²) in [7, 11) is 1.79. The molecule has 2 aromatic rings. The van der Waals surface area contributed by atoms with Crippen LogP contribution in [-0.4, -0.2) is 37.2 Å². The van der Waals surface area contributed by atoms with E-state index in [2.05, 4.69) is 46.7 Å². The fourth-order valence-electron chi connectivity index (χ4n) is 2.26. The van der Waals surface area contributed by atoms with Crippen molar-refractivity contribution < 1.29 is 0 Å². The molecule has 0 saturated heterocycles. The summed E-state index contributed by atoms with van der Waals surface area (Å²) < 4.78 is 2.76. The molecule has 3 rings (SSSR count). The Morgan fingerprint density at radius 3 is 2.95 bits per heavy atom. The van der Waals surface area contributed by atoms with Gasteiger partial charge in [-0.3, -0.25) is 0 Å². The summed E-state index contributed by atoms with van der Waals surface area (Å²) in [4.78, 5) is 8.56. The molecular formula is C11H14BrN7S. The van der Waals surface area contributed by atoms with Crippen molar-refractivity contribution in [1.82, 2.24) is 30.2 Å². The number of aromatic nitrogens is 6. The lowest BCUT2D eigenvalue weighted by Gasteiger charge is -2.11. The molecule has 0 atom stereocenters. The van der Waals surface area contributed by atoms with Crippen molar-refractivity contribution in [1.29, 1.82) is 0 Å². The van der Waals surface area contributed by atoms with Crippen LogP contribution in [0, 0.1) is 0 Å². The number of hydrogen-bond acceptors (Lipinski definition) is 7. The van der Waals surface area contributed by atoms with Crippen LogP contribution in [0.1, 0.15) is 31.7 Å². The summed E-state index contributed by atoms with van der Waals surface area (Å²) >= 11 is 4.91. The van der Waals surface area contributed by atoms with Crippen LogP contribution in [0.3, 0.4) is 0 Å². The van der Waals surface area contributed by atoms with Gasteiger partial charge in [0.25, 0.3) is 0 Å². The number of hydrogen-bond donors (Lipinski definition) is 1. The lowest BCUT2D eigenvalue weighted by atomic mass is 10.3. The standard InChI is InChI=1S/C11H14BrN7S/c1-13-10-14-6-8(12)9(15-10)20-11-16-17-18-19(11)7-4-2-3-5-7/h6-7H,2-5H2,1H3,(H,13,14,15). The van der Waals surface area contributed by atoms with Gasteiger partial charge in [0.1, 0.15) is 5.03 Å². The van der Waals surface area contributed by atoms with Crippen molar-refractivity contribution in [2.75, 3.05) is 12.4 Å². The second-order valence-corrected chi connectivity index (χ2v) is 6.35. The lowest BCUT2D eigenvalue weighted by molar-refractivity contribution is 0.423. The van der Waals surface area contributed by atoms with Gasteiger partial charge in [0.15, 0.2) is 0 Å². The zero-order valence-corrected chi connectivity index (χ0v) is 13.4. The monoisotopic (exact) mass is 355 g/mol. The number of tetrazole rings is 1. The van der Waals surface area contributed by atoms with Crippen LogP contribution in [0.4, 0.5) is 5.95 Å². The first kappa shape index (κ1) is 13.7. The Labute approximate surface area is 129 Å². The van der Waals surface area contributed by atoms with Gasteiger partial charge >= 0.3 is 0 Å². The molecule has 2 aromatic heterocycles. The highest BCUT2D eigenvalue weighted by Gasteiger charge is 2.22. The van der Waals surface area contributed by atoms with Gasteiger partial charge in [0.05, 0.1) is 10.5 Å². The van der Waals surface area contributed by atoms with E-state index in [0.29, 0.717) is 12.0 Å². The molecule has 0 radical (unpaired) electrons. The molecule has 1 aliphatic carbocycles. The van der Waals surface area contributed by atoms with Crippen LogP contribution in [0.15, 0.2) is 20.9 Å².